The molecule has 0 amide bonds. The first kappa shape index (κ1) is 12.8. The van der Waals surface area contributed by atoms with Crippen LogP contribution in [-0.2, 0) is 19.5 Å². The SMILES string of the molecule is CCNCc1cncn1CCc1ccccc1C. The van der Waals surface area contributed by atoms with E-state index in [2.05, 4.69) is 53.0 Å². The molecule has 1 aromatic heterocycles. The predicted molar refractivity (Wildman–Crippen MR) is 74.5 cm³/mol. The summed E-state index contributed by atoms with van der Waals surface area (Å²) in [4.78, 5) is 4.23. The van der Waals surface area contributed by atoms with Crippen LogP contribution in [0.4, 0.5) is 0 Å². The van der Waals surface area contributed by atoms with Gasteiger partial charge in [-0.25, -0.2) is 4.98 Å². The predicted octanol–water partition coefficient (Wildman–Crippen LogP) is 2.54. The van der Waals surface area contributed by atoms with Gasteiger partial charge in [0, 0.05) is 19.3 Å². The Morgan fingerprint density at radius 3 is 2.89 bits per heavy atom. The molecule has 2 aromatic rings. The molecule has 1 aromatic carbocycles. The molecule has 0 bridgehead atoms. The van der Waals surface area contributed by atoms with Crippen molar-refractivity contribution in [2.75, 3.05) is 6.54 Å². The fourth-order valence-electron chi connectivity index (χ4n) is 2.08. The normalized spacial score (nSPS) is 10.8. The lowest BCUT2D eigenvalue weighted by molar-refractivity contribution is 0.619. The molecule has 0 aliphatic carbocycles. The van der Waals surface area contributed by atoms with E-state index in [1.54, 1.807) is 0 Å². The molecule has 0 spiro atoms. The maximum absolute atomic E-state index is 4.23. The minimum absolute atomic E-state index is 0.893. The van der Waals surface area contributed by atoms with Crippen molar-refractivity contribution in [3.63, 3.8) is 0 Å². The van der Waals surface area contributed by atoms with Crippen LogP contribution in [0.15, 0.2) is 36.8 Å². The third kappa shape index (κ3) is 3.20. The highest BCUT2D eigenvalue weighted by Crippen LogP contribution is 2.09. The standard InChI is InChI=1S/C15H21N3/c1-3-16-10-15-11-17-12-18(15)9-8-14-7-5-4-6-13(14)2/h4-7,11-12,16H,3,8-10H2,1-2H3. The Morgan fingerprint density at radius 1 is 1.28 bits per heavy atom. The quantitative estimate of drug-likeness (QED) is 0.845. The van der Waals surface area contributed by atoms with E-state index >= 15 is 0 Å². The molecule has 2 rings (SSSR count). The van der Waals surface area contributed by atoms with E-state index in [0.29, 0.717) is 0 Å². The van der Waals surface area contributed by atoms with E-state index in [1.165, 1.54) is 16.8 Å². The Bertz CT molecular complexity index is 488. The molecular formula is C15H21N3. The summed E-state index contributed by atoms with van der Waals surface area (Å²) in [7, 11) is 0. The van der Waals surface area contributed by atoms with Crippen molar-refractivity contribution < 1.29 is 0 Å². The molecule has 3 nitrogen and oxygen atoms in total. The van der Waals surface area contributed by atoms with E-state index in [9.17, 15) is 0 Å². The Labute approximate surface area is 109 Å². The number of imidazole rings is 1. The number of aromatic nitrogens is 2. The molecule has 18 heavy (non-hydrogen) atoms. The van der Waals surface area contributed by atoms with Crippen LogP contribution in [0.1, 0.15) is 23.7 Å². The van der Waals surface area contributed by atoms with Gasteiger partial charge in [-0.15, -0.1) is 0 Å². The van der Waals surface area contributed by atoms with Gasteiger partial charge in [-0.05, 0) is 31.0 Å². The van der Waals surface area contributed by atoms with Gasteiger partial charge in [0.05, 0.1) is 12.0 Å². The summed E-state index contributed by atoms with van der Waals surface area (Å²) >= 11 is 0. The van der Waals surface area contributed by atoms with Gasteiger partial charge >= 0.3 is 0 Å². The average molecular weight is 243 g/mol. The Morgan fingerprint density at radius 2 is 2.11 bits per heavy atom. The molecule has 1 heterocycles. The van der Waals surface area contributed by atoms with Gasteiger partial charge in [0.2, 0.25) is 0 Å². The molecule has 3 heteroatoms. The van der Waals surface area contributed by atoms with Gasteiger partial charge in [-0.3, -0.25) is 0 Å². The zero-order valence-electron chi connectivity index (χ0n) is 11.2. The van der Waals surface area contributed by atoms with Crippen molar-refractivity contribution >= 4 is 0 Å². The summed E-state index contributed by atoms with van der Waals surface area (Å²) in [6.07, 6.45) is 4.92. The number of hydrogen-bond acceptors (Lipinski definition) is 2. The summed E-state index contributed by atoms with van der Waals surface area (Å²) in [6.45, 7) is 7.16. The molecule has 0 radical (unpaired) electrons. The molecule has 0 aliphatic rings. The third-order valence-corrected chi connectivity index (χ3v) is 3.24. The molecule has 1 N–H and O–H groups in total. The molecule has 0 aliphatic heterocycles. The van der Waals surface area contributed by atoms with Crippen molar-refractivity contribution in [1.82, 2.24) is 14.9 Å². The van der Waals surface area contributed by atoms with Gasteiger partial charge in [0.25, 0.3) is 0 Å². The smallest absolute Gasteiger partial charge is 0.0948 e. The lowest BCUT2D eigenvalue weighted by Crippen LogP contribution is -2.15. The number of nitrogens with one attached hydrogen (secondary N) is 1. The van der Waals surface area contributed by atoms with Gasteiger partial charge in [0.1, 0.15) is 0 Å². The second kappa shape index (κ2) is 6.36. The molecule has 0 saturated heterocycles. The second-order valence-electron chi connectivity index (χ2n) is 4.54. The molecular weight excluding hydrogens is 222 g/mol. The van der Waals surface area contributed by atoms with Crippen LogP contribution >= 0.6 is 0 Å². The van der Waals surface area contributed by atoms with Gasteiger partial charge in [0.15, 0.2) is 0 Å². The van der Waals surface area contributed by atoms with E-state index in [4.69, 9.17) is 0 Å². The van der Waals surface area contributed by atoms with Crippen molar-refractivity contribution in [2.24, 2.45) is 0 Å². The third-order valence-electron chi connectivity index (χ3n) is 3.24. The minimum Gasteiger partial charge on any atom is -0.333 e. The monoisotopic (exact) mass is 243 g/mol. The van der Waals surface area contributed by atoms with Crippen molar-refractivity contribution in [2.45, 2.75) is 33.4 Å². The Balaban J connectivity index is 1.98. The molecule has 96 valence electrons. The fourth-order valence-corrected chi connectivity index (χ4v) is 2.08. The second-order valence-corrected chi connectivity index (χ2v) is 4.54. The van der Waals surface area contributed by atoms with Crippen LogP contribution in [0, 0.1) is 6.92 Å². The average Bonchev–Trinajstić information content (AvgIpc) is 2.83. The maximum atomic E-state index is 4.23. The largest absolute Gasteiger partial charge is 0.333 e. The maximum Gasteiger partial charge on any atom is 0.0948 e. The Hall–Kier alpha value is -1.61. The zero-order valence-corrected chi connectivity index (χ0v) is 11.2. The number of hydrogen-bond donors (Lipinski definition) is 1. The highest BCUT2D eigenvalue weighted by atomic mass is 15.1. The van der Waals surface area contributed by atoms with E-state index in [1.807, 2.05) is 12.5 Å². The van der Waals surface area contributed by atoms with Crippen molar-refractivity contribution in [3.8, 4) is 0 Å². The van der Waals surface area contributed by atoms with Crippen LogP contribution in [0.5, 0.6) is 0 Å². The first-order valence-electron chi connectivity index (χ1n) is 6.55. The van der Waals surface area contributed by atoms with Crippen LogP contribution < -0.4 is 5.32 Å². The van der Waals surface area contributed by atoms with Gasteiger partial charge in [-0.2, -0.15) is 0 Å². The topological polar surface area (TPSA) is 29.9 Å². The minimum atomic E-state index is 0.893. The lowest BCUT2D eigenvalue weighted by Gasteiger charge is -2.10. The van der Waals surface area contributed by atoms with Crippen LogP contribution in [-0.4, -0.2) is 16.1 Å². The zero-order chi connectivity index (χ0) is 12.8. The van der Waals surface area contributed by atoms with Crippen LogP contribution in [0.25, 0.3) is 0 Å². The highest BCUT2D eigenvalue weighted by Gasteiger charge is 2.02. The number of benzene rings is 1. The number of nitrogens with zero attached hydrogens (tertiary/aromatic N) is 2. The fraction of sp³-hybridized carbons (Fsp3) is 0.400. The summed E-state index contributed by atoms with van der Waals surface area (Å²) in [5, 5.41) is 3.34. The van der Waals surface area contributed by atoms with Gasteiger partial charge < -0.3 is 9.88 Å². The van der Waals surface area contributed by atoms with Crippen LogP contribution in [0.2, 0.25) is 0 Å². The molecule has 0 atom stereocenters. The Kier molecular flexibility index (Phi) is 4.53. The van der Waals surface area contributed by atoms with Crippen LogP contribution in [0.3, 0.4) is 0 Å². The van der Waals surface area contributed by atoms with E-state index in [-0.39, 0.29) is 0 Å². The summed E-state index contributed by atoms with van der Waals surface area (Å²) in [5.74, 6) is 0. The summed E-state index contributed by atoms with van der Waals surface area (Å²) in [6, 6.07) is 8.57. The molecule has 0 unspecified atom stereocenters. The summed E-state index contributed by atoms with van der Waals surface area (Å²) in [5.41, 5.74) is 4.04. The molecule has 0 saturated carbocycles. The van der Waals surface area contributed by atoms with Crippen molar-refractivity contribution in [1.29, 1.82) is 0 Å². The molecule has 0 fully saturated rings. The van der Waals surface area contributed by atoms with E-state index in [0.717, 1.165) is 26.1 Å². The number of rotatable bonds is 6. The van der Waals surface area contributed by atoms with E-state index < -0.39 is 0 Å². The first-order valence-corrected chi connectivity index (χ1v) is 6.55. The van der Waals surface area contributed by atoms with Crippen molar-refractivity contribution in [3.05, 3.63) is 53.6 Å². The lowest BCUT2D eigenvalue weighted by atomic mass is 10.1. The number of aryl methyl sites for hydroxylation is 3. The summed E-state index contributed by atoms with van der Waals surface area (Å²) < 4.78 is 2.23. The first-order chi connectivity index (χ1) is 8.81. The van der Waals surface area contributed by atoms with Gasteiger partial charge in [-0.1, -0.05) is 31.2 Å². The highest BCUT2D eigenvalue weighted by molar-refractivity contribution is 5.25.